The molecule has 0 aliphatic heterocycles. The topological polar surface area (TPSA) is 84.0 Å². The van der Waals surface area contributed by atoms with Crippen LogP contribution < -0.4 is 16.6 Å². The highest BCUT2D eigenvalue weighted by atomic mass is 35.5. The van der Waals surface area contributed by atoms with Crippen molar-refractivity contribution >= 4 is 23.2 Å². The van der Waals surface area contributed by atoms with E-state index >= 15 is 0 Å². The van der Waals surface area contributed by atoms with Gasteiger partial charge < -0.3 is 5.32 Å². The summed E-state index contributed by atoms with van der Waals surface area (Å²) in [4.78, 5) is 37.9. The van der Waals surface area contributed by atoms with Gasteiger partial charge in [0.05, 0.1) is 6.04 Å². The van der Waals surface area contributed by atoms with Crippen molar-refractivity contribution in [2.45, 2.75) is 32.9 Å². The predicted octanol–water partition coefficient (Wildman–Crippen LogP) is 2.34. The minimum Gasteiger partial charge on any atom is -0.364 e. The first-order valence-electron chi connectivity index (χ1n) is 7.26. The summed E-state index contributed by atoms with van der Waals surface area (Å²) in [6.07, 6.45) is 0.208. The summed E-state index contributed by atoms with van der Waals surface area (Å²) in [5.41, 5.74) is -0.0881. The Labute approximate surface area is 138 Å². The number of carbonyl (C=O) groups is 1. The molecule has 0 aliphatic carbocycles. The van der Waals surface area contributed by atoms with Gasteiger partial charge in [0, 0.05) is 24.1 Å². The average Bonchev–Trinajstić information content (AvgIpc) is 2.46. The van der Waals surface area contributed by atoms with E-state index in [4.69, 9.17) is 11.6 Å². The number of rotatable bonds is 6. The molecule has 0 saturated carbocycles. The Hall–Kier alpha value is -2.34. The van der Waals surface area contributed by atoms with Crippen LogP contribution in [0.2, 0.25) is 5.02 Å². The van der Waals surface area contributed by atoms with Crippen molar-refractivity contribution in [1.82, 2.24) is 9.55 Å². The summed E-state index contributed by atoms with van der Waals surface area (Å²) >= 11 is 5.99. The lowest BCUT2D eigenvalue weighted by Crippen LogP contribution is -2.34. The number of nitrogens with zero attached hydrogens (tertiary/aromatic N) is 1. The fourth-order valence-electron chi connectivity index (χ4n) is 2.35. The maximum atomic E-state index is 11.9. The Kier molecular flexibility index (Phi) is 5.39. The first kappa shape index (κ1) is 17.0. The largest absolute Gasteiger partial charge is 0.364 e. The Bertz CT molecular complexity index is 795. The van der Waals surface area contributed by atoms with Crippen LogP contribution in [0.1, 0.15) is 31.9 Å². The van der Waals surface area contributed by atoms with Crippen molar-refractivity contribution in [3.8, 4) is 0 Å². The second-order valence-electron chi connectivity index (χ2n) is 5.23. The molecule has 23 heavy (non-hydrogen) atoms. The summed E-state index contributed by atoms with van der Waals surface area (Å²) in [5, 5.41) is 3.59. The van der Waals surface area contributed by atoms with Crippen LogP contribution in [0.3, 0.4) is 0 Å². The SMILES string of the molecule is CCn1c(=O)cc(N[C@H](CC(C)=O)c2cccc(Cl)c2)[nH]c1=O. The van der Waals surface area contributed by atoms with Gasteiger partial charge in [0.15, 0.2) is 0 Å². The number of aromatic amines is 1. The Morgan fingerprint density at radius 2 is 2.09 bits per heavy atom. The molecule has 2 N–H and O–H groups in total. The van der Waals surface area contributed by atoms with Gasteiger partial charge >= 0.3 is 5.69 Å². The van der Waals surface area contributed by atoms with Gasteiger partial charge in [0.25, 0.3) is 5.56 Å². The molecule has 0 bridgehead atoms. The number of halogens is 1. The van der Waals surface area contributed by atoms with Gasteiger partial charge in [-0.1, -0.05) is 23.7 Å². The van der Waals surface area contributed by atoms with Crippen molar-refractivity contribution in [2.75, 3.05) is 5.32 Å². The van der Waals surface area contributed by atoms with Crippen molar-refractivity contribution in [3.63, 3.8) is 0 Å². The molecule has 122 valence electrons. The third-order valence-electron chi connectivity index (χ3n) is 3.41. The zero-order valence-corrected chi connectivity index (χ0v) is 13.7. The highest BCUT2D eigenvalue weighted by Gasteiger charge is 2.15. The number of benzene rings is 1. The van der Waals surface area contributed by atoms with Crippen molar-refractivity contribution < 1.29 is 4.79 Å². The van der Waals surface area contributed by atoms with E-state index in [1.807, 2.05) is 6.07 Å². The number of ketones is 1. The maximum Gasteiger partial charge on any atom is 0.329 e. The summed E-state index contributed by atoms with van der Waals surface area (Å²) in [7, 11) is 0. The van der Waals surface area contributed by atoms with E-state index in [9.17, 15) is 14.4 Å². The summed E-state index contributed by atoms with van der Waals surface area (Å²) < 4.78 is 1.09. The number of hydrogen-bond acceptors (Lipinski definition) is 4. The Morgan fingerprint density at radius 1 is 1.35 bits per heavy atom. The fraction of sp³-hybridized carbons (Fsp3) is 0.312. The van der Waals surface area contributed by atoms with Gasteiger partial charge in [-0.2, -0.15) is 0 Å². The van der Waals surface area contributed by atoms with Crippen molar-refractivity contribution in [3.05, 3.63) is 61.8 Å². The van der Waals surface area contributed by atoms with Crippen LogP contribution in [0.15, 0.2) is 39.9 Å². The molecule has 0 radical (unpaired) electrons. The smallest absolute Gasteiger partial charge is 0.329 e. The second-order valence-corrected chi connectivity index (χ2v) is 5.67. The molecule has 7 heteroatoms. The Balaban J connectivity index is 2.37. The van der Waals surface area contributed by atoms with E-state index < -0.39 is 17.3 Å². The number of aromatic nitrogens is 2. The monoisotopic (exact) mass is 335 g/mol. The molecule has 1 aromatic carbocycles. The minimum atomic E-state index is -0.491. The van der Waals surface area contributed by atoms with Gasteiger partial charge in [0.2, 0.25) is 0 Å². The molecular weight excluding hydrogens is 318 g/mol. The zero-order valence-electron chi connectivity index (χ0n) is 12.9. The molecule has 0 saturated heterocycles. The van der Waals surface area contributed by atoms with Gasteiger partial charge in [0.1, 0.15) is 11.6 Å². The molecular formula is C16H18ClN3O3. The summed E-state index contributed by atoms with van der Waals surface area (Å²) in [6.45, 7) is 3.49. The van der Waals surface area contributed by atoms with Crippen molar-refractivity contribution in [2.24, 2.45) is 0 Å². The van der Waals surface area contributed by atoms with Gasteiger partial charge in [-0.05, 0) is 31.5 Å². The zero-order chi connectivity index (χ0) is 17.0. The van der Waals surface area contributed by atoms with Crippen LogP contribution in [0.4, 0.5) is 5.82 Å². The van der Waals surface area contributed by atoms with Crippen LogP contribution in [0, 0.1) is 0 Å². The quantitative estimate of drug-likeness (QED) is 0.848. The minimum absolute atomic E-state index is 0.0216. The first-order chi connectivity index (χ1) is 10.9. The molecule has 0 spiro atoms. The number of anilines is 1. The van der Waals surface area contributed by atoms with E-state index in [1.54, 1.807) is 25.1 Å². The second kappa shape index (κ2) is 7.28. The number of hydrogen-bond donors (Lipinski definition) is 2. The molecule has 0 unspecified atom stereocenters. The third-order valence-corrected chi connectivity index (χ3v) is 3.64. The molecule has 2 rings (SSSR count). The number of carbonyl (C=O) groups excluding carboxylic acids is 1. The normalized spacial score (nSPS) is 12.0. The van der Waals surface area contributed by atoms with E-state index in [2.05, 4.69) is 10.3 Å². The van der Waals surface area contributed by atoms with E-state index in [0.29, 0.717) is 11.6 Å². The number of H-pyrrole nitrogens is 1. The molecule has 0 fully saturated rings. The molecule has 0 amide bonds. The molecule has 2 aromatic rings. The molecule has 0 aliphatic rings. The standard InChI is InChI=1S/C16H18ClN3O3/c1-3-20-15(22)9-14(19-16(20)23)18-13(7-10(2)21)11-5-4-6-12(17)8-11/h4-6,8-9,13,18H,3,7H2,1-2H3,(H,19,23)/t13-/m1/s1. The van der Waals surface area contributed by atoms with E-state index in [0.717, 1.165) is 10.1 Å². The van der Waals surface area contributed by atoms with E-state index in [-0.39, 0.29) is 18.0 Å². The summed E-state index contributed by atoms with van der Waals surface area (Å²) in [5.74, 6) is 0.252. The lowest BCUT2D eigenvalue weighted by molar-refractivity contribution is -0.117. The lowest BCUT2D eigenvalue weighted by atomic mass is 10.0. The highest BCUT2D eigenvalue weighted by molar-refractivity contribution is 6.30. The molecule has 6 nitrogen and oxygen atoms in total. The third kappa shape index (κ3) is 4.32. The number of Topliss-reactive ketones (excluding diaryl/α,β-unsaturated/α-hetero) is 1. The average molecular weight is 336 g/mol. The van der Waals surface area contributed by atoms with Crippen LogP contribution in [0.25, 0.3) is 0 Å². The van der Waals surface area contributed by atoms with Crippen LogP contribution in [-0.4, -0.2) is 15.3 Å². The first-order valence-corrected chi connectivity index (χ1v) is 7.64. The van der Waals surface area contributed by atoms with Gasteiger partial charge in [-0.25, -0.2) is 4.79 Å². The van der Waals surface area contributed by atoms with Crippen LogP contribution in [-0.2, 0) is 11.3 Å². The highest BCUT2D eigenvalue weighted by Crippen LogP contribution is 2.23. The number of nitrogens with one attached hydrogen (secondary N) is 2. The van der Waals surface area contributed by atoms with Crippen LogP contribution in [0.5, 0.6) is 0 Å². The summed E-state index contributed by atoms with van der Waals surface area (Å²) in [6, 6.07) is 8.01. The van der Waals surface area contributed by atoms with Gasteiger partial charge in [-0.15, -0.1) is 0 Å². The van der Waals surface area contributed by atoms with Crippen molar-refractivity contribution in [1.29, 1.82) is 0 Å². The van der Waals surface area contributed by atoms with Gasteiger partial charge in [-0.3, -0.25) is 19.1 Å². The molecule has 1 aromatic heterocycles. The lowest BCUT2D eigenvalue weighted by Gasteiger charge is -2.19. The van der Waals surface area contributed by atoms with Crippen LogP contribution >= 0.6 is 11.6 Å². The fourth-order valence-corrected chi connectivity index (χ4v) is 2.55. The Morgan fingerprint density at radius 3 is 2.65 bits per heavy atom. The molecule has 1 heterocycles. The molecule has 1 atom stereocenters. The predicted molar refractivity (Wildman–Crippen MR) is 90.1 cm³/mol. The van der Waals surface area contributed by atoms with E-state index in [1.165, 1.54) is 13.0 Å². The maximum absolute atomic E-state index is 11.9.